The van der Waals surface area contributed by atoms with Crippen molar-refractivity contribution in [1.29, 1.82) is 0 Å². The lowest BCUT2D eigenvalue weighted by Gasteiger charge is -2.40. The number of rotatable bonds is 5. The first-order valence-corrected chi connectivity index (χ1v) is 11.8. The molecule has 2 aliphatic heterocycles. The fourth-order valence-corrected chi connectivity index (χ4v) is 5.24. The van der Waals surface area contributed by atoms with Gasteiger partial charge in [0.25, 0.3) is 0 Å². The third kappa shape index (κ3) is 4.06. The van der Waals surface area contributed by atoms with Crippen LogP contribution in [-0.2, 0) is 6.54 Å². The molecule has 2 saturated heterocycles. The standard InChI is InChI=1S/C25H35N5/c1-19-18-29(13-14-30(19)22-6-7-22)25-10-5-20(17-27-25)24-9-8-23(15-21(24)16-26)28-11-3-2-4-12-28/h5,8-10,15,17,19,22H,2-4,6-7,11-14,16,18,26H2,1H3. The molecule has 5 nitrogen and oxygen atoms in total. The van der Waals surface area contributed by atoms with Gasteiger partial charge < -0.3 is 15.5 Å². The van der Waals surface area contributed by atoms with Crippen molar-refractivity contribution in [2.24, 2.45) is 5.73 Å². The van der Waals surface area contributed by atoms with E-state index in [1.807, 2.05) is 6.20 Å². The first-order valence-electron chi connectivity index (χ1n) is 11.8. The molecule has 3 aliphatic rings. The van der Waals surface area contributed by atoms with Crippen molar-refractivity contribution in [3.05, 3.63) is 42.1 Å². The van der Waals surface area contributed by atoms with Crippen LogP contribution < -0.4 is 15.5 Å². The van der Waals surface area contributed by atoms with Crippen LogP contribution in [0.3, 0.4) is 0 Å². The van der Waals surface area contributed by atoms with Crippen LogP contribution in [0.25, 0.3) is 11.1 Å². The van der Waals surface area contributed by atoms with Gasteiger partial charge in [-0.15, -0.1) is 0 Å². The molecule has 1 unspecified atom stereocenters. The molecule has 0 spiro atoms. The average Bonchev–Trinajstić information content (AvgIpc) is 3.64. The van der Waals surface area contributed by atoms with E-state index in [2.05, 4.69) is 52.0 Å². The Morgan fingerprint density at radius 1 is 0.967 bits per heavy atom. The lowest BCUT2D eigenvalue weighted by Crippen LogP contribution is -2.52. The molecule has 1 aromatic carbocycles. The van der Waals surface area contributed by atoms with Gasteiger partial charge in [0, 0.05) is 68.8 Å². The molecular weight excluding hydrogens is 370 g/mol. The highest BCUT2D eigenvalue weighted by Crippen LogP contribution is 2.32. The summed E-state index contributed by atoms with van der Waals surface area (Å²) < 4.78 is 0. The van der Waals surface area contributed by atoms with Crippen molar-refractivity contribution in [2.45, 2.75) is 57.7 Å². The maximum atomic E-state index is 6.14. The molecule has 160 valence electrons. The molecule has 5 rings (SSSR count). The third-order valence-electron chi connectivity index (χ3n) is 7.11. The Bertz CT molecular complexity index is 854. The molecule has 1 aromatic heterocycles. The summed E-state index contributed by atoms with van der Waals surface area (Å²) in [6, 6.07) is 12.6. The van der Waals surface area contributed by atoms with Gasteiger partial charge in [0.15, 0.2) is 0 Å². The fraction of sp³-hybridized carbons (Fsp3) is 0.560. The van der Waals surface area contributed by atoms with Crippen molar-refractivity contribution in [3.63, 3.8) is 0 Å². The molecule has 1 aliphatic carbocycles. The summed E-state index contributed by atoms with van der Waals surface area (Å²) in [5, 5.41) is 0. The summed E-state index contributed by atoms with van der Waals surface area (Å²) in [5.41, 5.74) is 11.0. The molecule has 0 bridgehead atoms. The number of anilines is 2. The molecule has 0 radical (unpaired) electrons. The van der Waals surface area contributed by atoms with E-state index in [1.165, 1.54) is 48.9 Å². The monoisotopic (exact) mass is 405 g/mol. The van der Waals surface area contributed by atoms with Crippen molar-refractivity contribution in [2.75, 3.05) is 42.5 Å². The smallest absolute Gasteiger partial charge is 0.128 e. The summed E-state index contributed by atoms with van der Waals surface area (Å²) in [6.45, 7) is 8.53. The third-order valence-corrected chi connectivity index (χ3v) is 7.11. The van der Waals surface area contributed by atoms with Crippen LogP contribution in [-0.4, -0.2) is 54.7 Å². The van der Waals surface area contributed by atoms with Crippen molar-refractivity contribution >= 4 is 11.5 Å². The summed E-state index contributed by atoms with van der Waals surface area (Å²) >= 11 is 0. The number of benzene rings is 1. The quantitative estimate of drug-likeness (QED) is 0.818. The van der Waals surface area contributed by atoms with Crippen molar-refractivity contribution in [3.8, 4) is 11.1 Å². The van der Waals surface area contributed by atoms with E-state index in [0.717, 1.165) is 50.1 Å². The minimum Gasteiger partial charge on any atom is -0.372 e. The largest absolute Gasteiger partial charge is 0.372 e. The molecule has 5 heteroatoms. The highest BCUT2D eigenvalue weighted by Gasteiger charge is 2.35. The Kier molecular flexibility index (Phi) is 5.66. The van der Waals surface area contributed by atoms with E-state index >= 15 is 0 Å². The molecule has 1 saturated carbocycles. The van der Waals surface area contributed by atoms with Gasteiger partial charge in [0.05, 0.1) is 0 Å². The maximum absolute atomic E-state index is 6.14. The first kappa shape index (κ1) is 19.8. The van der Waals surface area contributed by atoms with Crippen LogP contribution in [0.5, 0.6) is 0 Å². The molecule has 0 amide bonds. The summed E-state index contributed by atoms with van der Waals surface area (Å²) in [7, 11) is 0. The lowest BCUT2D eigenvalue weighted by molar-refractivity contribution is 0.179. The number of nitrogens with two attached hydrogens (primary N) is 1. The van der Waals surface area contributed by atoms with E-state index in [9.17, 15) is 0 Å². The van der Waals surface area contributed by atoms with E-state index in [-0.39, 0.29) is 0 Å². The zero-order chi connectivity index (χ0) is 20.5. The summed E-state index contributed by atoms with van der Waals surface area (Å²) in [4.78, 5) is 12.5. The van der Waals surface area contributed by atoms with Crippen LogP contribution in [0.1, 0.15) is 44.6 Å². The highest BCUT2D eigenvalue weighted by molar-refractivity contribution is 5.71. The Labute approximate surface area is 180 Å². The predicted molar refractivity (Wildman–Crippen MR) is 125 cm³/mol. The lowest BCUT2D eigenvalue weighted by atomic mass is 9.99. The second-order valence-electron chi connectivity index (χ2n) is 9.26. The van der Waals surface area contributed by atoms with Gasteiger partial charge in [0.1, 0.15) is 5.82 Å². The maximum Gasteiger partial charge on any atom is 0.128 e. The van der Waals surface area contributed by atoms with Crippen LogP contribution in [0.4, 0.5) is 11.5 Å². The van der Waals surface area contributed by atoms with E-state index < -0.39 is 0 Å². The Morgan fingerprint density at radius 3 is 2.47 bits per heavy atom. The number of pyridine rings is 1. The number of nitrogens with zero attached hydrogens (tertiary/aromatic N) is 4. The van der Waals surface area contributed by atoms with Gasteiger partial charge in [-0.1, -0.05) is 6.07 Å². The second kappa shape index (κ2) is 8.56. The topological polar surface area (TPSA) is 48.6 Å². The first-order chi connectivity index (χ1) is 14.7. The Balaban J connectivity index is 1.31. The van der Waals surface area contributed by atoms with E-state index in [0.29, 0.717) is 12.6 Å². The molecule has 2 N–H and O–H groups in total. The van der Waals surface area contributed by atoms with Gasteiger partial charge in [0.2, 0.25) is 0 Å². The van der Waals surface area contributed by atoms with Crippen molar-refractivity contribution < 1.29 is 0 Å². The molecule has 1 atom stereocenters. The van der Waals surface area contributed by atoms with Gasteiger partial charge in [-0.2, -0.15) is 0 Å². The fourth-order valence-electron chi connectivity index (χ4n) is 5.24. The van der Waals surface area contributed by atoms with Crippen LogP contribution in [0.15, 0.2) is 36.5 Å². The minimum atomic E-state index is 0.555. The van der Waals surface area contributed by atoms with Crippen LogP contribution >= 0.6 is 0 Å². The second-order valence-corrected chi connectivity index (χ2v) is 9.26. The number of aromatic nitrogens is 1. The zero-order valence-corrected chi connectivity index (χ0v) is 18.3. The van der Waals surface area contributed by atoms with E-state index in [4.69, 9.17) is 10.7 Å². The summed E-state index contributed by atoms with van der Waals surface area (Å²) in [5.74, 6) is 1.10. The van der Waals surface area contributed by atoms with Crippen molar-refractivity contribution in [1.82, 2.24) is 9.88 Å². The molecular formula is C25H35N5. The number of piperidine rings is 1. The van der Waals surface area contributed by atoms with Crippen LogP contribution in [0, 0.1) is 0 Å². The van der Waals surface area contributed by atoms with Gasteiger partial charge >= 0.3 is 0 Å². The Morgan fingerprint density at radius 2 is 1.80 bits per heavy atom. The Hall–Kier alpha value is -2.11. The molecule has 3 fully saturated rings. The average molecular weight is 406 g/mol. The van der Waals surface area contributed by atoms with E-state index in [1.54, 1.807) is 0 Å². The SMILES string of the molecule is CC1CN(c2ccc(-c3ccc(N4CCCCC4)cc3CN)cn2)CCN1C1CC1. The number of hydrogen-bond donors (Lipinski definition) is 1. The highest BCUT2D eigenvalue weighted by atomic mass is 15.3. The molecule has 30 heavy (non-hydrogen) atoms. The predicted octanol–water partition coefficient (Wildman–Crippen LogP) is 3.87. The normalized spacial score (nSPS) is 23.1. The molecule has 3 heterocycles. The van der Waals surface area contributed by atoms with Gasteiger partial charge in [-0.25, -0.2) is 4.98 Å². The van der Waals surface area contributed by atoms with Gasteiger partial charge in [-0.05, 0) is 74.4 Å². The summed E-state index contributed by atoms with van der Waals surface area (Å²) in [6.07, 6.45) is 8.74. The number of piperazine rings is 1. The molecule has 2 aromatic rings. The van der Waals surface area contributed by atoms with Crippen LogP contribution in [0.2, 0.25) is 0 Å². The minimum absolute atomic E-state index is 0.555. The number of hydrogen-bond acceptors (Lipinski definition) is 5. The zero-order valence-electron chi connectivity index (χ0n) is 18.3. The van der Waals surface area contributed by atoms with Gasteiger partial charge in [-0.3, -0.25) is 4.90 Å².